The van der Waals surface area contributed by atoms with Crippen LogP contribution in [0.5, 0.6) is 5.75 Å². The molecule has 1 aliphatic rings. The zero-order valence-corrected chi connectivity index (χ0v) is 20.8. The number of halogens is 1. The number of fused-ring (bicyclic) bond motifs is 2. The molecule has 0 saturated carbocycles. The number of anilines is 1. The molecular formula is C25H27IN2OS. The molecule has 0 spiro atoms. The Balaban J connectivity index is 0.00000256. The Morgan fingerprint density at radius 3 is 2.67 bits per heavy atom. The molecule has 0 aliphatic carbocycles. The van der Waals surface area contributed by atoms with Gasteiger partial charge in [-0.25, -0.2) is 0 Å². The lowest BCUT2D eigenvalue weighted by Gasteiger charge is -2.23. The minimum atomic E-state index is -0.0136. The van der Waals surface area contributed by atoms with Crippen molar-refractivity contribution >= 4 is 33.3 Å². The first-order valence-corrected chi connectivity index (χ1v) is 10.6. The number of benzene rings is 2. The summed E-state index contributed by atoms with van der Waals surface area (Å²) >= 11 is 1.77. The molecule has 3 nitrogen and oxygen atoms in total. The third-order valence-electron chi connectivity index (χ3n) is 5.68. The lowest BCUT2D eigenvalue weighted by Crippen LogP contribution is -3.00. The number of allylic oxidation sites excluding steroid dienone is 4. The second kappa shape index (κ2) is 8.94. The smallest absolute Gasteiger partial charge is 0.263 e. The molecule has 0 N–H and O–H groups in total. The number of hydrogen-bond acceptors (Lipinski definition) is 3. The minimum absolute atomic E-state index is 0. The summed E-state index contributed by atoms with van der Waals surface area (Å²) in [7, 11) is 3.86. The quantitative estimate of drug-likeness (QED) is 0.287. The molecule has 0 bridgehead atoms. The molecule has 0 amide bonds. The monoisotopic (exact) mass is 530 g/mol. The van der Waals surface area contributed by atoms with Crippen LogP contribution in [0.3, 0.4) is 0 Å². The van der Waals surface area contributed by atoms with Gasteiger partial charge in [-0.3, -0.25) is 0 Å². The van der Waals surface area contributed by atoms with E-state index >= 15 is 0 Å². The third-order valence-corrected chi connectivity index (χ3v) is 6.80. The maximum absolute atomic E-state index is 5.39. The van der Waals surface area contributed by atoms with E-state index in [-0.39, 0.29) is 29.4 Å². The van der Waals surface area contributed by atoms with E-state index in [0.29, 0.717) is 0 Å². The second-order valence-corrected chi connectivity index (χ2v) is 8.85. The summed E-state index contributed by atoms with van der Waals surface area (Å²) in [6.07, 6.45) is 8.54. The summed E-state index contributed by atoms with van der Waals surface area (Å²) in [5.41, 5.74) is 5.15. The Hall–Kier alpha value is -2.12. The first-order chi connectivity index (χ1) is 14.0. The van der Waals surface area contributed by atoms with Crippen LogP contribution in [0.1, 0.15) is 24.4 Å². The fourth-order valence-corrected chi connectivity index (χ4v) is 5.29. The van der Waals surface area contributed by atoms with E-state index in [2.05, 4.69) is 91.6 Å². The molecule has 0 saturated heterocycles. The minimum Gasteiger partial charge on any atom is -1.00 e. The van der Waals surface area contributed by atoms with Crippen LogP contribution in [-0.2, 0) is 12.0 Å². The van der Waals surface area contributed by atoms with Gasteiger partial charge in [-0.2, -0.15) is 4.57 Å². The van der Waals surface area contributed by atoms with Crippen molar-refractivity contribution in [1.82, 2.24) is 0 Å². The van der Waals surface area contributed by atoms with Crippen molar-refractivity contribution in [3.63, 3.8) is 0 Å². The molecule has 30 heavy (non-hydrogen) atoms. The number of ether oxygens (including phenoxy) is 1. The number of methoxy groups -OCH3 is 1. The summed E-state index contributed by atoms with van der Waals surface area (Å²) in [4.78, 5) is 2.30. The van der Waals surface area contributed by atoms with E-state index in [4.69, 9.17) is 4.74 Å². The number of hydrogen-bond donors (Lipinski definition) is 0. The standard InChI is InChI=1S/C25H27N2OS.HI/c1-6-16-27-21-15-14-18(28-5)17-22(21)29-24(27)13-9-12-23-25(2,3)19-10-7-8-11-20(19)26(23)4;/h6-15,17H,1,16H2,2-5H3;1H/q+1;/p-1. The van der Waals surface area contributed by atoms with Gasteiger partial charge < -0.3 is 33.6 Å². The van der Waals surface area contributed by atoms with E-state index in [1.807, 2.05) is 12.1 Å². The van der Waals surface area contributed by atoms with Gasteiger partial charge in [0, 0.05) is 42.1 Å². The highest BCUT2D eigenvalue weighted by atomic mass is 127. The Bertz CT molecular complexity index is 1140. The number of para-hydroxylation sites is 1. The molecule has 2 aromatic carbocycles. The molecule has 0 radical (unpaired) electrons. The van der Waals surface area contributed by atoms with Crippen LogP contribution in [0.15, 0.2) is 73.0 Å². The first kappa shape index (κ1) is 22.6. The molecule has 156 valence electrons. The van der Waals surface area contributed by atoms with Gasteiger partial charge in [-0.05, 0) is 29.8 Å². The van der Waals surface area contributed by atoms with Crippen LogP contribution in [-0.4, -0.2) is 14.2 Å². The molecule has 4 rings (SSSR count). The number of likely N-dealkylation sites (N-methyl/N-ethyl adjacent to an activating group) is 1. The zero-order chi connectivity index (χ0) is 20.6. The highest BCUT2D eigenvalue weighted by molar-refractivity contribution is 7.18. The maximum Gasteiger partial charge on any atom is 0.263 e. The lowest BCUT2D eigenvalue weighted by atomic mass is 9.84. The number of aromatic nitrogens is 1. The molecule has 0 atom stereocenters. The Kier molecular flexibility index (Phi) is 6.72. The van der Waals surface area contributed by atoms with Gasteiger partial charge in [-0.15, -0.1) is 0 Å². The molecule has 5 heteroatoms. The van der Waals surface area contributed by atoms with Gasteiger partial charge in [0.25, 0.3) is 5.01 Å². The number of nitrogens with zero attached hydrogens (tertiary/aromatic N) is 2. The van der Waals surface area contributed by atoms with E-state index in [0.717, 1.165) is 12.3 Å². The summed E-state index contributed by atoms with van der Waals surface area (Å²) in [6.45, 7) is 9.29. The van der Waals surface area contributed by atoms with E-state index < -0.39 is 0 Å². The maximum atomic E-state index is 5.39. The SMILES string of the molecule is C=CC[n+]1c(C=CC=C2N(C)c3ccccc3C2(C)C)sc2cc(OC)ccc21.[I-]. The van der Waals surface area contributed by atoms with Crippen molar-refractivity contribution in [2.24, 2.45) is 0 Å². The molecular weight excluding hydrogens is 503 g/mol. The van der Waals surface area contributed by atoms with Crippen molar-refractivity contribution in [1.29, 1.82) is 0 Å². The molecule has 0 unspecified atom stereocenters. The summed E-state index contributed by atoms with van der Waals surface area (Å²) in [5.74, 6) is 0.884. The van der Waals surface area contributed by atoms with Crippen LogP contribution in [0, 0.1) is 0 Å². The molecule has 1 aromatic heterocycles. The molecule has 0 fully saturated rings. The van der Waals surface area contributed by atoms with Gasteiger partial charge in [0.05, 0.1) is 7.11 Å². The second-order valence-electron chi connectivity index (χ2n) is 7.79. The van der Waals surface area contributed by atoms with Crippen molar-refractivity contribution in [2.45, 2.75) is 25.8 Å². The number of rotatable bonds is 5. The number of thiazole rings is 1. The summed E-state index contributed by atoms with van der Waals surface area (Å²) < 4.78 is 8.89. The topological polar surface area (TPSA) is 16.4 Å². The lowest BCUT2D eigenvalue weighted by molar-refractivity contribution is -0.658. The van der Waals surface area contributed by atoms with Crippen LogP contribution in [0.25, 0.3) is 16.3 Å². The summed E-state index contributed by atoms with van der Waals surface area (Å²) in [6, 6.07) is 14.9. The molecule has 3 aromatic rings. The van der Waals surface area contributed by atoms with E-state index in [1.165, 1.54) is 32.2 Å². The third kappa shape index (κ3) is 3.81. The van der Waals surface area contributed by atoms with Crippen molar-refractivity contribution in [3.8, 4) is 5.75 Å². The Morgan fingerprint density at radius 1 is 1.20 bits per heavy atom. The normalized spacial score (nSPS) is 16.1. The first-order valence-electron chi connectivity index (χ1n) is 9.80. The average Bonchev–Trinajstić information content (AvgIpc) is 3.16. The van der Waals surface area contributed by atoms with Gasteiger partial charge >= 0.3 is 0 Å². The highest BCUT2D eigenvalue weighted by Gasteiger charge is 2.37. The van der Waals surface area contributed by atoms with Gasteiger partial charge in [0.1, 0.15) is 10.4 Å². The average molecular weight is 530 g/mol. The predicted molar refractivity (Wildman–Crippen MR) is 124 cm³/mol. The highest BCUT2D eigenvalue weighted by Crippen LogP contribution is 2.46. The van der Waals surface area contributed by atoms with Gasteiger partial charge in [0.15, 0.2) is 6.54 Å². The summed E-state index contributed by atoms with van der Waals surface area (Å²) in [5, 5.41) is 1.20. The predicted octanol–water partition coefficient (Wildman–Crippen LogP) is 2.71. The van der Waals surface area contributed by atoms with E-state index in [9.17, 15) is 0 Å². The fraction of sp³-hybridized carbons (Fsp3) is 0.240. The van der Waals surface area contributed by atoms with Gasteiger partial charge in [-0.1, -0.05) is 56.0 Å². The van der Waals surface area contributed by atoms with Crippen LogP contribution < -0.4 is 38.2 Å². The van der Waals surface area contributed by atoms with Crippen molar-refractivity contribution in [2.75, 3.05) is 19.1 Å². The van der Waals surface area contributed by atoms with Crippen molar-refractivity contribution < 1.29 is 33.3 Å². The zero-order valence-electron chi connectivity index (χ0n) is 17.9. The van der Waals surface area contributed by atoms with E-state index in [1.54, 1.807) is 18.4 Å². The van der Waals surface area contributed by atoms with Crippen LogP contribution >= 0.6 is 11.3 Å². The molecule has 1 aliphatic heterocycles. The molecule has 2 heterocycles. The fourth-order valence-electron chi connectivity index (χ4n) is 4.18. The van der Waals surface area contributed by atoms with Crippen molar-refractivity contribution in [3.05, 3.63) is 83.5 Å². The van der Waals surface area contributed by atoms with Crippen LogP contribution in [0.2, 0.25) is 0 Å². The van der Waals surface area contributed by atoms with Crippen LogP contribution in [0.4, 0.5) is 5.69 Å². The largest absolute Gasteiger partial charge is 1.00 e. The van der Waals surface area contributed by atoms with Gasteiger partial charge in [0.2, 0.25) is 5.52 Å². The Labute approximate surface area is 200 Å². The Morgan fingerprint density at radius 2 is 1.97 bits per heavy atom.